The number of unbranched alkanes of at least 4 members (excludes halogenated alkanes) is 1. The van der Waals surface area contributed by atoms with Crippen LogP contribution in [0.2, 0.25) is 0 Å². The molecule has 6 amide bonds. The number of nitro benzene ring substituents is 1. The molecule has 0 saturated carbocycles. The Morgan fingerprint density at radius 2 is 1.42 bits per heavy atom. The molecule has 326 valence electrons. The Morgan fingerprint density at radius 3 is 1.98 bits per heavy atom. The normalized spacial score (nSPS) is 12.9. The maximum absolute atomic E-state index is 13.7. The summed E-state index contributed by atoms with van der Waals surface area (Å²) in [6.07, 6.45) is 0.226. The van der Waals surface area contributed by atoms with Crippen molar-refractivity contribution >= 4 is 57.4 Å². The molecule has 1 unspecified atom stereocenters. The van der Waals surface area contributed by atoms with E-state index in [9.17, 15) is 47.3 Å². The van der Waals surface area contributed by atoms with Gasteiger partial charge in [-0.3, -0.25) is 24.5 Å². The molecule has 0 aromatic heterocycles. The van der Waals surface area contributed by atoms with Crippen LogP contribution in [-0.4, -0.2) is 92.4 Å². The minimum absolute atomic E-state index is 0.0367. The molecule has 0 saturated heterocycles. The van der Waals surface area contributed by atoms with E-state index < -0.39 is 80.6 Å². The van der Waals surface area contributed by atoms with Crippen molar-refractivity contribution in [2.24, 2.45) is 11.7 Å². The van der Waals surface area contributed by atoms with Gasteiger partial charge in [-0.15, -0.1) is 0 Å². The number of rotatable bonds is 22. The first kappa shape index (κ1) is 49.1. The highest BCUT2D eigenvalue weighted by atomic mass is 32.2. The number of benzene rings is 2. The average molecular weight is 851 g/mol. The summed E-state index contributed by atoms with van der Waals surface area (Å²) in [6.45, 7) is 8.55. The fourth-order valence-corrected chi connectivity index (χ4v) is 5.88. The number of nitrogens with two attached hydrogens (primary N) is 1. The third kappa shape index (κ3) is 20.3. The molecule has 21 nitrogen and oxygen atoms in total. The Labute approximate surface area is 342 Å². The lowest BCUT2D eigenvalue weighted by Gasteiger charge is -2.27. The quantitative estimate of drug-likeness (QED) is 0.0295. The van der Waals surface area contributed by atoms with Crippen molar-refractivity contribution in [2.75, 3.05) is 24.7 Å². The van der Waals surface area contributed by atoms with Crippen LogP contribution in [0.5, 0.6) is 5.75 Å². The molecule has 0 radical (unpaired) electrons. The van der Waals surface area contributed by atoms with Gasteiger partial charge in [-0.05, 0) is 88.6 Å². The van der Waals surface area contributed by atoms with Crippen molar-refractivity contribution in [3.8, 4) is 5.75 Å². The van der Waals surface area contributed by atoms with Crippen molar-refractivity contribution < 1.29 is 56.3 Å². The monoisotopic (exact) mass is 850 g/mol. The smallest absolute Gasteiger partial charge is 0.444 e. The number of urea groups is 1. The third-order valence-corrected chi connectivity index (χ3v) is 8.65. The van der Waals surface area contributed by atoms with Gasteiger partial charge < -0.3 is 46.5 Å². The fraction of sp³-hybridized carbons (Fsp3) is 0.514. The summed E-state index contributed by atoms with van der Waals surface area (Å²) in [4.78, 5) is 86.1. The number of sulfonamides is 1. The second kappa shape index (κ2) is 23.4. The lowest BCUT2D eigenvalue weighted by molar-refractivity contribution is -0.384. The van der Waals surface area contributed by atoms with Crippen LogP contribution in [0.15, 0.2) is 48.5 Å². The second-order valence-electron chi connectivity index (χ2n) is 14.7. The Morgan fingerprint density at radius 1 is 0.814 bits per heavy atom. The SMILES string of the molecule is CC(C)[C@H](NC(=O)[C@H](CCCCNC(=O)OC(C)(C)C)NS(C)(=O)=O)C(=O)NC(CCCNC(N)=O)C(=O)Nc1ccc(COC(=O)Oc2ccc([N+](=O)[O-])cc2)cc1. The van der Waals surface area contributed by atoms with E-state index in [1.165, 1.54) is 36.4 Å². The molecule has 0 fully saturated rings. The fourth-order valence-electron chi connectivity index (χ4n) is 5.13. The molecule has 0 aliphatic carbocycles. The van der Waals surface area contributed by atoms with Gasteiger partial charge in [0.2, 0.25) is 27.7 Å². The summed E-state index contributed by atoms with van der Waals surface area (Å²) in [7, 11) is -3.86. The number of alkyl carbamates (subject to hydrolysis) is 1. The molecule has 3 atom stereocenters. The van der Waals surface area contributed by atoms with E-state index in [1.807, 2.05) is 0 Å². The average Bonchev–Trinajstić information content (AvgIpc) is 3.12. The number of non-ortho nitro benzene ring substituents is 1. The van der Waals surface area contributed by atoms with E-state index >= 15 is 0 Å². The van der Waals surface area contributed by atoms with Crippen LogP contribution in [0, 0.1) is 16.0 Å². The standard InChI is InChI=1S/C37H54N8O13S/c1-23(2)30(43-32(47)29(44-59(6,54)55)10-7-8-20-40-35(50)58-37(3,4)5)33(48)42-28(11-9-21-39-34(38)49)31(46)41-25-14-12-24(13-15-25)22-56-36(51)57-27-18-16-26(17-19-27)45(52)53/h12-19,23,28-30,44H,7-11,20-22H2,1-6H3,(H,40,50)(H,41,46)(H,42,48)(H,43,47)(H3,38,39,49)/t28?,29-,30-/m0/s1. The number of nitrogens with zero attached hydrogens (tertiary/aromatic N) is 1. The predicted octanol–water partition coefficient (Wildman–Crippen LogP) is 2.94. The Bertz CT molecular complexity index is 1870. The molecule has 2 rings (SSSR count). The van der Waals surface area contributed by atoms with Gasteiger partial charge >= 0.3 is 18.3 Å². The summed E-state index contributed by atoms with van der Waals surface area (Å²) in [5, 5.41) is 23.8. The maximum Gasteiger partial charge on any atom is 0.514 e. The number of ether oxygens (including phenoxy) is 3. The summed E-state index contributed by atoms with van der Waals surface area (Å²) in [5.74, 6) is -2.63. The largest absolute Gasteiger partial charge is 0.514 e. The number of carbonyl (C=O) groups excluding carboxylic acids is 6. The number of nitro groups is 1. The number of primary amides is 1. The zero-order valence-corrected chi connectivity index (χ0v) is 34.6. The molecule has 8 N–H and O–H groups in total. The lowest BCUT2D eigenvalue weighted by atomic mass is 10.0. The van der Waals surface area contributed by atoms with E-state index in [4.69, 9.17) is 19.9 Å². The lowest BCUT2D eigenvalue weighted by Crippen LogP contribution is -2.57. The summed E-state index contributed by atoms with van der Waals surface area (Å²) >= 11 is 0. The van der Waals surface area contributed by atoms with Crippen LogP contribution >= 0.6 is 0 Å². The van der Waals surface area contributed by atoms with Gasteiger partial charge in [-0.2, -0.15) is 0 Å². The van der Waals surface area contributed by atoms with E-state index in [0.29, 0.717) is 24.1 Å². The van der Waals surface area contributed by atoms with E-state index in [1.54, 1.807) is 46.8 Å². The summed E-state index contributed by atoms with van der Waals surface area (Å²) in [6, 6.07) is 6.57. The highest BCUT2D eigenvalue weighted by Crippen LogP contribution is 2.19. The summed E-state index contributed by atoms with van der Waals surface area (Å²) in [5.41, 5.74) is 5.11. The maximum atomic E-state index is 13.7. The van der Waals surface area contributed by atoms with Gasteiger partial charge in [-0.1, -0.05) is 26.0 Å². The number of anilines is 1. The molecular formula is C37H54N8O13S. The molecule has 0 spiro atoms. The van der Waals surface area contributed by atoms with Gasteiger partial charge in [-0.25, -0.2) is 27.5 Å². The molecule has 22 heteroatoms. The number of amides is 6. The van der Waals surface area contributed by atoms with Crippen molar-refractivity contribution in [2.45, 2.75) is 97.1 Å². The van der Waals surface area contributed by atoms with Crippen molar-refractivity contribution in [1.29, 1.82) is 0 Å². The molecule has 0 bridgehead atoms. The molecular weight excluding hydrogens is 797 g/mol. The summed E-state index contributed by atoms with van der Waals surface area (Å²) < 4.78 is 41.9. The first-order chi connectivity index (χ1) is 27.5. The van der Waals surface area contributed by atoms with E-state index in [0.717, 1.165) is 6.26 Å². The molecule has 2 aromatic rings. The molecule has 0 aliphatic rings. The Kier molecular flexibility index (Phi) is 19.5. The molecule has 2 aromatic carbocycles. The number of hydrogen-bond donors (Lipinski definition) is 7. The number of nitrogens with one attached hydrogen (secondary N) is 6. The Balaban J connectivity index is 2.08. The predicted molar refractivity (Wildman–Crippen MR) is 214 cm³/mol. The first-order valence-electron chi connectivity index (χ1n) is 18.6. The van der Waals surface area contributed by atoms with Crippen molar-refractivity contribution in [3.05, 3.63) is 64.2 Å². The van der Waals surface area contributed by atoms with E-state index in [2.05, 4.69) is 31.3 Å². The van der Waals surface area contributed by atoms with Gasteiger partial charge in [0.25, 0.3) is 5.69 Å². The Hall–Kier alpha value is -6.03. The van der Waals surface area contributed by atoms with Crippen LogP contribution < -0.4 is 41.8 Å². The zero-order valence-electron chi connectivity index (χ0n) is 33.8. The highest BCUT2D eigenvalue weighted by Gasteiger charge is 2.32. The number of hydrogen-bond acceptors (Lipinski definition) is 13. The van der Waals surface area contributed by atoms with Crippen LogP contribution in [0.4, 0.5) is 25.8 Å². The minimum Gasteiger partial charge on any atom is -0.444 e. The van der Waals surface area contributed by atoms with E-state index in [-0.39, 0.29) is 50.4 Å². The zero-order chi connectivity index (χ0) is 44.3. The van der Waals surface area contributed by atoms with Crippen LogP contribution in [0.1, 0.15) is 72.3 Å². The van der Waals surface area contributed by atoms with Crippen LogP contribution in [0.3, 0.4) is 0 Å². The van der Waals surface area contributed by atoms with Gasteiger partial charge in [0.15, 0.2) is 0 Å². The van der Waals surface area contributed by atoms with Crippen molar-refractivity contribution in [1.82, 2.24) is 26.0 Å². The van der Waals surface area contributed by atoms with Gasteiger partial charge in [0.05, 0.1) is 11.2 Å². The molecule has 0 heterocycles. The van der Waals surface area contributed by atoms with Gasteiger partial charge in [0.1, 0.15) is 36.1 Å². The van der Waals surface area contributed by atoms with Crippen LogP contribution in [-0.2, 0) is 40.5 Å². The molecule has 59 heavy (non-hydrogen) atoms. The topological polar surface area (TPSA) is 306 Å². The third-order valence-electron chi connectivity index (χ3n) is 7.94. The first-order valence-corrected chi connectivity index (χ1v) is 20.5. The number of carbonyl (C=O) groups is 6. The molecule has 0 aliphatic heterocycles. The minimum atomic E-state index is -3.86. The van der Waals surface area contributed by atoms with Crippen LogP contribution in [0.25, 0.3) is 0 Å². The highest BCUT2D eigenvalue weighted by molar-refractivity contribution is 7.88. The second-order valence-corrected chi connectivity index (χ2v) is 16.4. The van der Waals surface area contributed by atoms with Crippen molar-refractivity contribution in [3.63, 3.8) is 0 Å². The van der Waals surface area contributed by atoms with Gasteiger partial charge in [0, 0.05) is 30.9 Å².